The Morgan fingerprint density at radius 1 is 1.15 bits per heavy atom. The van der Waals surface area contributed by atoms with Crippen LogP contribution in [0.3, 0.4) is 0 Å². The van der Waals surface area contributed by atoms with Crippen LogP contribution >= 0.6 is 0 Å². The van der Waals surface area contributed by atoms with Crippen LogP contribution in [0.2, 0.25) is 0 Å². The van der Waals surface area contributed by atoms with Gasteiger partial charge in [0.15, 0.2) is 5.65 Å². The number of aromatic nitrogens is 3. The number of ether oxygens (including phenoxy) is 1. The molecule has 5 heteroatoms. The second-order valence-corrected chi connectivity index (χ2v) is 4.59. The molecule has 3 aromatic rings. The fraction of sp³-hybridized carbons (Fsp3) is 0.200. The largest absolute Gasteiger partial charge is 0.497 e. The first kappa shape index (κ1) is 12.5. The zero-order valence-corrected chi connectivity index (χ0v) is 11.4. The molecule has 2 aromatic heterocycles. The SMILES string of the molecule is COc1ccc(C(C)Nc2ccn3nccc3n2)cc1. The molecule has 0 radical (unpaired) electrons. The monoisotopic (exact) mass is 268 g/mol. The molecule has 0 amide bonds. The Morgan fingerprint density at radius 3 is 2.70 bits per heavy atom. The van der Waals surface area contributed by atoms with Crippen LogP contribution < -0.4 is 10.1 Å². The lowest BCUT2D eigenvalue weighted by Crippen LogP contribution is -2.08. The summed E-state index contributed by atoms with van der Waals surface area (Å²) in [5.74, 6) is 1.70. The van der Waals surface area contributed by atoms with E-state index >= 15 is 0 Å². The minimum absolute atomic E-state index is 0.166. The van der Waals surface area contributed by atoms with E-state index in [4.69, 9.17) is 4.74 Å². The summed E-state index contributed by atoms with van der Waals surface area (Å²) in [6.07, 6.45) is 3.63. The van der Waals surface area contributed by atoms with Crippen molar-refractivity contribution in [1.29, 1.82) is 0 Å². The van der Waals surface area contributed by atoms with Gasteiger partial charge in [-0.1, -0.05) is 12.1 Å². The molecule has 3 rings (SSSR count). The fourth-order valence-electron chi connectivity index (χ4n) is 2.09. The number of anilines is 1. The smallest absolute Gasteiger partial charge is 0.157 e. The van der Waals surface area contributed by atoms with Crippen molar-refractivity contribution in [1.82, 2.24) is 14.6 Å². The molecule has 0 fully saturated rings. The number of methoxy groups -OCH3 is 1. The van der Waals surface area contributed by atoms with Crippen LogP contribution in [0.5, 0.6) is 5.75 Å². The highest BCUT2D eigenvalue weighted by molar-refractivity contribution is 5.46. The zero-order chi connectivity index (χ0) is 13.9. The zero-order valence-electron chi connectivity index (χ0n) is 11.4. The second-order valence-electron chi connectivity index (χ2n) is 4.59. The predicted octanol–water partition coefficient (Wildman–Crippen LogP) is 2.91. The molecule has 0 aliphatic carbocycles. The van der Waals surface area contributed by atoms with Gasteiger partial charge in [-0.25, -0.2) is 9.50 Å². The van der Waals surface area contributed by atoms with Gasteiger partial charge in [0.25, 0.3) is 0 Å². The number of hydrogen-bond donors (Lipinski definition) is 1. The minimum Gasteiger partial charge on any atom is -0.497 e. The van der Waals surface area contributed by atoms with Crippen LogP contribution in [0.15, 0.2) is 48.8 Å². The summed E-state index contributed by atoms with van der Waals surface area (Å²) >= 11 is 0. The van der Waals surface area contributed by atoms with Crippen LogP contribution in [0.1, 0.15) is 18.5 Å². The Labute approximate surface area is 117 Å². The lowest BCUT2D eigenvalue weighted by atomic mass is 10.1. The first-order valence-electron chi connectivity index (χ1n) is 6.47. The minimum atomic E-state index is 0.166. The summed E-state index contributed by atoms with van der Waals surface area (Å²) in [5, 5.41) is 7.51. The third kappa shape index (κ3) is 2.42. The number of fused-ring (bicyclic) bond motifs is 1. The van der Waals surface area contributed by atoms with E-state index in [1.54, 1.807) is 17.8 Å². The Balaban J connectivity index is 1.78. The van der Waals surface area contributed by atoms with Crippen LogP contribution in [-0.2, 0) is 0 Å². The first-order chi connectivity index (χ1) is 9.76. The molecule has 1 atom stereocenters. The molecule has 5 nitrogen and oxygen atoms in total. The lowest BCUT2D eigenvalue weighted by Gasteiger charge is -2.15. The topological polar surface area (TPSA) is 51.5 Å². The molecule has 0 spiro atoms. The van der Waals surface area contributed by atoms with Gasteiger partial charge in [-0.3, -0.25) is 0 Å². The highest BCUT2D eigenvalue weighted by Gasteiger charge is 2.07. The quantitative estimate of drug-likeness (QED) is 0.790. The number of nitrogens with one attached hydrogen (secondary N) is 1. The second kappa shape index (κ2) is 5.21. The molecule has 1 aromatic carbocycles. The average Bonchev–Trinajstić information content (AvgIpc) is 2.95. The third-order valence-electron chi connectivity index (χ3n) is 3.24. The standard InChI is InChI=1S/C15H16N4O/c1-11(12-3-5-13(20-2)6-4-12)17-14-8-10-19-15(18-14)7-9-16-19/h3-11H,1-2H3,(H,17,18). The van der Waals surface area contributed by atoms with Crippen molar-refractivity contribution in [2.45, 2.75) is 13.0 Å². The molecule has 0 saturated heterocycles. The normalized spacial score (nSPS) is 12.3. The first-order valence-corrected chi connectivity index (χ1v) is 6.47. The molecule has 20 heavy (non-hydrogen) atoms. The molecule has 1 unspecified atom stereocenters. The van der Waals surface area contributed by atoms with E-state index in [0.29, 0.717) is 0 Å². The van der Waals surface area contributed by atoms with Gasteiger partial charge in [0.1, 0.15) is 11.6 Å². The van der Waals surface area contributed by atoms with Gasteiger partial charge < -0.3 is 10.1 Å². The molecular formula is C15H16N4O. The van der Waals surface area contributed by atoms with Crippen molar-refractivity contribution in [2.24, 2.45) is 0 Å². The Bertz CT molecular complexity index is 705. The van der Waals surface area contributed by atoms with Gasteiger partial charge in [0, 0.05) is 18.3 Å². The summed E-state index contributed by atoms with van der Waals surface area (Å²) < 4.78 is 6.90. The highest BCUT2D eigenvalue weighted by Crippen LogP contribution is 2.20. The molecule has 0 aliphatic rings. The number of rotatable bonds is 4. The van der Waals surface area contributed by atoms with Crippen molar-refractivity contribution in [3.63, 3.8) is 0 Å². The summed E-state index contributed by atoms with van der Waals surface area (Å²) in [4.78, 5) is 4.50. The van der Waals surface area contributed by atoms with Crippen LogP contribution in [-0.4, -0.2) is 21.7 Å². The molecule has 0 saturated carbocycles. The molecule has 1 N–H and O–H groups in total. The summed E-state index contributed by atoms with van der Waals surface area (Å²) in [5.41, 5.74) is 2.01. The van der Waals surface area contributed by atoms with Gasteiger partial charge in [-0.15, -0.1) is 0 Å². The fourth-order valence-corrected chi connectivity index (χ4v) is 2.09. The van der Waals surface area contributed by atoms with E-state index in [2.05, 4.69) is 22.3 Å². The average molecular weight is 268 g/mol. The lowest BCUT2D eigenvalue weighted by molar-refractivity contribution is 0.414. The van der Waals surface area contributed by atoms with E-state index in [-0.39, 0.29) is 6.04 Å². The predicted molar refractivity (Wildman–Crippen MR) is 78.0 cm³/mol. The Morgan fingerprint density at radius 2 is 1.95 bits per heavy atom. The van der Waals surface area contributed by atoms with Gasteiger partial charge in [0.05, 0.1) is 13.3 Å². The van der Waals surface area contributed by atoms with Crippen LogP contribution in [0.4, 0.5) is 5.82 Å². The van der Waals surface area contributed by atoms with Crippen molar-refractivity contribution in [2.75, 3.05) is 12.4 Å². The highest BCUT2D eigenvalue weighted by atomic mass is 16.5. The van der Waals surface area contributed by atoms with Crippen molar-refractivity contribution in [3.8, 4) is 5.75 Å². The Kier molecular flexibility index (Phi) is 3.25. The maximum atomic E-state index is 5.16. The van der Waals surface area contributed by atoms with Crippen molar-refractivity contribution in [3.05, 3.63) is 54.4 Å². The van der Waals surface area contributed by atoms with E-state index < -0.39 is 0 Å². The summed E-state index contributed by atoms with van der Waals surface area (Å²) in [7, 11) is 1.67. The molecule has 102 valence electrons. The van der Waals surface area contributed by atoms with Gasteiger partial charge in [-0.2, -0.15) is 5.10 Å². The number of hydrogen-bond acceptors (Lipinski definition) is 4. The van der Waals surface area contributed by atoms with Gasteiger partial charge in [-0.05, 0) is 30.7 Å². The van der Waals surface area contributed by atoms with Gasteiger partial charge >= 0.3 is 0 Å². The van der Waals surface area contributed by atoms with Crippen molar-refractivity contribution >= 4 is 11.5 Å². The maximum Gasteiger partial charge on any atom is 0.157 e. The van der Waals surface area contributed by atoms with Crippen molar-refractivity contribution < 1.29 is 4.74 Å². The van der Waals surface area contributed by atoms with Gasteiger partial charge in [0.2, 0.25) is 0 Å². The Hall–Kier alpha value is -2.56. The maximum absolute atomic E-state index is 5.16. The van der Waals surface area contributed by atoms with Crippen LogP contribution in [0, 0.1) is 0 Å². The van der Waals surface area contributed by atoms with Crippen LogP contribution in [0.25, 0.3) is 5.65 Å². The number of benzene rings is 1. The molecular weight excluding hydrogens is 252 g/mol. The molecule has 2 heterocycles. The summed E-state index contributed by atoms with van der Waals surface area (Å²) in [6.45, 7) is 2.10. The third-order valence-corrected chi connectivity index (χ3v) is 3.24. The van der Waals surface area contributed by atoms with E-state index in [1.165, 1.54) is 5.56 Å². The van der Waals surface area contributed by atoms with E-state index in [9.17, 15) is 0 Å². The molecule has 0 bridgehead atoms. The molecule has 0 aliphatic heterocycles. The number of nitrogens with zero attached hydrogens (tertiary/aromatic N) is 3. The van der Waals surface area contributed by atoms with E-state index in [1.807, 2.05) is 42.6 Å². The van der Waals surface area contributed by atoms with E-state index in [0.717, 1.165) is 17.2 Å². The summed E-state index contributed by atoms with van der Waals surface area (Å²) in [6, 6.07) is 12.0.